The van der Waals surface area contributed by atoms with Crippen molar-refractivity contribution in [2.24, 2.45) is 29.6 Å². The number of aromatic nitrogens is 1. The van der Waals surface area contributed by atoms with Gasteiger partial charge in [0.15, 0.2) is 6.61 Å². The minimum Gasteiger partial charge on any atom is -0.482 e. The van der Waals surface area contributed by atoms with Crippen LogP contribution in [0.3, 0.4) is 0 Å². The number of hydrogen-bond donors (Lipinski definition) is 1. The van der Waals surface area contributed by atoms with E-state index in [9.17, 15) is 24.0 Å². The van der Waals surface area contributed by atoms with Gasteiger partial charge in [-0.15, -0.1) is 11.8 Å². The molecule has 2 aromatic carbocycles. The summed E-state index contributed by atoms with van der Waals surface area (Å²) >= 11 is 2.81. The zero-order chi connectivity index (χ0) is 30.7. The maximum absolute atomic E-state index is 14.0. The molecule has 4 aliphatic rings. The van der Waals surface area contributed by atoms with E-state index in [2.05, 4.69) is 4.98 Å². The molecule has 3 aromatic rings. The number of imide groups is 1. The first-order chi connectivity index (χ1) is 21.3. The molecule has 0 radical (unpaired) electrons. The third kappa shape index (κ3) is 4.57. The number of esters is 2. The average Bonchev–Trinajstić information content (AvgIpc) is 3.75. The number of H-pyrrole nitrogens is 1. The molecule has 228 valence electrons. The summed E-state index contributed by atoms with van der Waals surface area (Å²) in [5.74, 6) is -1.94. The lowest BCUT2D eigenvalue weighted by molar-refractivity contribution is -0.145. The number of thioether (sulfide) groups is 1. The van der Waals surface area contributed by atoms with Crippen molar-refractivity contribution < 1.29 is 33.4 Å². The van der Waals surface area contributed by atoms with E-state index in [1.54, 1.807) is 55.9 Å². The Morgan fingerprint density at radius 2 is 1.68 bits per heavy atom. The molecule has 1 saturated heterocycles. The number of nitrogens with one attached hydrogen (secondary N) is 1. The molecule has 6 unspecified atom stereocenters. The number of amides is 2. The Balaban J connectivity index is 1.21. The van der Waals surface area contributed by atoms with Crippen LogP contribution in [0, 0.1) is 29.6 Å². The van der Waals surface area contributed by atoms with E-state index in [-0.39, 0.29) is 65.4 Å². The highest BCUT2D eigenvalue weighted by atomic mass is 32.2. The lowest BCUT2D eigenvalue weighted by atomic mass is 9.68. The number of ether oxygens (including phenoxy) is 3. The number of fused-ring (bicyclic) bond motifs is 9. The van der Waals surface area contributed by atoms with Crippen LogP contribution in [0.5, 0.6) is 5.75 Å². The van der Waals surface area contributed by atoms with Crippen molar-refractivity contribution >= 4 is 52.5 Å². The van der Waals surface area contributed by atoms with Crippen molar-refractivity contribution in [3.05, 3.63) is 74.2 Å². The van der Waals surface area contributed by atoms with Gasteiger partial charge in [0.1, 0.15) is 5.75 Å². The lowest BCUT2D eigenvalue weighted by Crippen LogP contribution is -2.42. The third-order valence-corrected chi connectivity index (χ3v) is 11.8. The molecule has 1 N–H and O–H groups in total. The number of benzene rings is 2. The van der Waals surface area contributed by atoms with Crippen LogP contribution in [0.15, 0.2) is 58.4 Å². The van der Waals surface area contributed by atoms with Crippen LogP contribution in [-0.2, 0) is 23.9 Å². The van der Waals surface area contributed by atoms with Gasteiger partial charge in [-0.25, -0.2) is 9.59 Å². The Morgan fingerprint density at radius 3 is 2.41 bits per heavy atom. The number of thiazole rings is 1. The molecule has 2 aliphatic carbocycles. The van der Waals surface area contributed by atoms with Gasteiger partial charge in [0.05, 0.1) is 41.3 Å². The molecule has 0 spiro atoms. The van der Waals surface area contributed by atoms with Crippen molar-refractivity contribution in [2.45, 2.75) is 36.5 Å². The summed E-state index contributed by atoms with van der Waals surface area (Å²) in [5, 5.41) is 0.854. The van der Waals surface area contributed by atoms with E-state index in [1.165, 1.54) is 16.2 Å². The second kappa shape index (κ2) is 11.2. The van der Waals surface area contributed by atoms with Crippen molar-refractivity contribution in [3.63, 3.8) is 0 Å². The molecule has 10 nitrogen and oxygen atoms in total. The first kappa shape index (κ1) is 28.8. The SMILES string of the molecule is CCOC(=O)COc1cccc([C@H]2c3sc(=O)[nH]c3SC3C4CC(C5C(=O)N(c6ccc(C(=O)OCC)cc6)C(=O)C45)C32)c1. The van der Waals surface area contributed by atoms with Gasteiger partial charge in [-0.2, -0.15) is 0 Å². The Bertz CT molecular complexity index is 1720. The summed E-state index contributed by atoms with van der Waals surface area (Å²) in [6.07, 6.45) is 0.763. The van der Waals surface area contributed by atoms with Crippen LogP contribution in [-0.4, -0.2) is 53.8 Å². The number of carbonyl (C=O) groups is 4. The molecule has 1 aromatic heterocycles. The van der Waals surface area contributed by atoms with E-state index in [1.807, 2.05) is 18.2 Å². The van der Waals surface area contributed by atoms with Crippen LogP contribution >= 0.6 is 23.1 Å². The van der Waals surface area contributed by atoms with E-state index >= 15 is 0 Å². The molecule has 7 rings (SSSR count). The predicted molar refractivity (Wildman–Crippen MR) is 162 cm³/mol. The minimum atomic E-state index is -0.457. The fourth-order valence-electron chi connectivity index (χ4n) is 7.75. The number of anilines is 1. The molecule has 2 saturated carbocycles. The summed E-state index contributed by atoms with van der Waals surface area (Å²) in [7, 11) is 0. The normalized spacial score (nSPS) is 28.0. The molecular weight excluding hydrogens is 604 g/mol. The highest BCUT2D eigenvalue weighted by Crippen LogP contribution is 2.68. The Kier molecular flexibility index (Phi) is 7.36. The van der Waals surface area contributed by atoms with E-state index in [0.29, 0.717) is 17.0 Å². The largest absolute Gasteiger partial charge is 0.482 e. The van der Waals surface area contributed by atoms with E-state index in [4.69, 9.17) is 14.2 Å². The highest BCUT2D eigenvalue weighted by Gasteiger charge is 2.69. The first-order valence-corrected chi connectivity index (χ1v) is 16.4. The third-order valence-electron chi connectivity index (χ3n) is 9.24. The van der Waals surface area contributed by atoms with Crippen molar-refractivity contribution in [1.29, 1.82) is 0 Å². The molecule has 7 atom stereocenters. The van der Waals surface area contributed by atoms with Crippen LogP contribution in [0.25, 0.3) is 0 Å². The highest BCUT2D eigenvalue weighted by molar-refractivity contribution is 8.00. The zero-order valence-electron chi connectivity index (χ0n) is 24.0. The second-order valence-corrected chi connectivity index (χ2v) is 13.6. The van der Waals surface area contributed by atoms with Gasteiger partial charge in [0.2, 0.25) is 11.8 Å². The first-order valence-electron chi connectivity index (χ1n) is 14.7. The summed E-state index contributed by atoms with van der Waals surface area (Å²) in [6.45, 7) is 3.77. The van der Waals surface area contributed by atoms with E-state index < -0.39 is 23.8 Å². The fraction of sp³-hybridized carbons (Fsp3) is 0.406. The number of nitrogens with zero attached hydrogens (tertiary/aromatic N) is 1. The number of hydrogen-bond acceptors (Lipinski definition) is 10. The van der Waals surface area contributed by atoms with Crippen LogP contribution < -0.4 is 14.5 Å². The average molecular weight is 635 g/mol. The van der Waals surface area contributed by atoms with Gasteiger partial charge in [0.25, 0.3) is 0 Å². The molecule has 3 fully saturated rings. The molecular formula is C32H30N2O8S2. The standard InChI is InChI=1S/C32H30N2O8S2/c1-3-40-21(35)14-42-18-7-5-6-16(12-18)22-23-19-13-20(26(23)43-28-27(22)44-32(39)33-28)25-24(19)29(36)34(30(25)37)17-10-8-15(9-11-17)31(38)41-4-2/h5-12,19-20,22-26H,3-4,13-14H2,1-2H3,(H,33,39)/t19?,20?,22-,23?,24?,25?,26?/m1/s1. The smallest absolute Gasteiger partial charge is 0.344 e. The quantitative estimate of drug-likeness (QED) is 0.286. The monoisotopic (exact) mass is 634 g/mol. The summed E-state index contributed by atoms with van der Waals surface area (Å²) in [5.41, 5.74) is 1.74. The fourth-order valence-corrected chi connectivity index (χ4v) is 10.6. The maximum Gasteiger partial charge on any atom is 0.344 e. The summed E-state index contributed by atoms with van der Waals surface area (Å²) in [4.78, 5) is 69.6. The summed E-state index contributed by atoms with van der Waals surface area (Å²) in [6, 6.07) is 13.9. The van der Waals surface area contributed by atoms with Gasteiger partial charge in [-0.05, 0) is 80.0 Å². The minimum absolute atomic E-state index is 0.0217. The van der Waals surface area contributed by atoms with Gasteiger partial charge in [-0.3, -0.25) is 19.3 Å². The Labute approximate surface area is 261 Å². The Morgan fingerprint density at radius 1 is 0.955 bits per heavy atom. The number of carbonyl (C=O) groups excluding carboxylic acids is 4. The van der Waals surface area contributed by atoms with Crippen LogP contribution in [0.2, 0.25) is 0 Å². The van der Waals surface area contributed by atoms with Crippen molar-refractivity contribution in [1.82, 2.24) is 4.98 Å². The van der Waals surface area contributed by atoms with Gasteiger partial charge < -0.3 is 19.2 Å². The topological polar surface area (TPSA) is 132 Å². The molecule has 44 heavy (non-hydrogen) atoms. The molecule has 2 amide bonds. The van der Waals surface area contributed by atoms with Gasteiger partial charge in [-0.1, -0.05) is 23.5 Å². The van der Waals surface area contributed by atoms with E-state index in [0.717, 1.165) is 21.9 Å². The van der Waals surface area contributed by atoms with Crippen LogP contribution in [0.1, 0.15) is 47.0 Å². The van der Waals surface area contributed by atoms with Gasteiger partial charge >= 0.3 is 16.8 Å². The van der Waals surface area contributed by atoms with Gasteiger partial charge in [0, 0.05) is 16.0 Å². The van der Waals surface area contributed by atoms with Crippen molar-refractivity contribution in [3.8, 4) is 5.75 Å². The second-order valence-electron chi connectivity index (χ2n) is 11.4. The number of aromatic amines is 1. The molecule has 12 heteroatoms. The molecule has 3 heterocycles. The maximum atomic E-state index is 14.0. The molecule has 2 bridgehead atoms. The predicted octanol–water partition coefficient (Wildman–Crippen LogP) is 4.23. The van der Waals surface area contributed by atoms with Crippen molar-refractivity contribution in [2.75, 3.05) is 24.7 Å². The lowest BCUT2D eigenvalue weighted by Gasteiger charge is -2.43. The Hall–Kier alpha value is -3.90. The summed E-state index contributed by atoms with van der Waals surface area (Å²) < 4.78 is 15.8. The van der Waals surface area contributed by atoms with Crippen LogP contribution in [0.4, 0.5) is 5.69 Å². The zero-order valence-corrected chi connectivity index (χ0v) is 25.7. The number of rotatable bonds is 8. The molecule has 2 aliphatic heterocycles.